The molecule has 0 unspecified atom stereocenters. The molecule has 14 nitrogen and oxygen atoms in total. The number of carbonyl (C=O) groups is 3. The molecule has 7 rings (SSSR count). The third-order valence-electron chi connectivity index (χ3n) is 12.4. The highest BCUT2D eigenvalue weighted by Gasteiger charge is 2.48. The molecule has 0 spiro atoms. The molecule has 3 fully saturated rings. The summed E-state index contributed by atoms with van der Waals surface area (Å²) in [5, 5.41) is 12.2. The number of fused-ring (bicyclic) bond motifs is 5. The van der Waals surface area contributed by atoms with Crippen LogP contribution in [0.5, 0.6) is 0 Å². The molecule has 3 amide bonds. The van der Waals surface area contributed by atoms with E-state index >= 15 is 0 Å². The van der Waals surface area contributed by atoms with Crippen LogP contribution in [0.1, 0.15) is 81.4 Å². The van der Waals surface area contributed by atoms with Crippen molar-refractivity contribution < 1.29 is 23.9 Å². The normalized spacial score (nSPS) is 21.8. The maximum absolute atomic E-state index is 13.6. The molecule has 1 aromatic heterocycles. The number of carbonyl (C=O) groups excluding carboxylic acids is 3. The Hall–Kier alpha value is -5.92. The Balaban J connectivity index is 1.06. The minimum absolute atomic E-state index is 0.0555. The van der Waals surface area contributed by atoms with Crippen molar-refractivity contribution in [2.75, 3.05) is 20.8 Å². The fourth-order valence-corrected chi connectivity index (χ4v) is 9.45. The Morgan fingerprint density at radius 1 is 0.966 bits per heavy atom. The summed E-state index contributed by atoms with van der Waals surface area (Å²) in [5.74, 6) is 0.846. The maximum atomic E-state index is 13.6. The number of ether oxygens (including phenoxy) is 2. The number of nitrogens with zero attached hydrogens (tertiary/aromatic N) is 4. The summed E-state index contributed by atoms with van der Waals surface area (Å²) in [7, 11) is 2.63. The number of hydrogen-bond acceptors (Lipinski definition) is 10. The number of amides is 3. The van der Waals surface area contributed by atoms with Gasteiger partial charge in [0, 0.05) is 24.0 Å². The molecule has 2 aliphatic carbocycles. The summed E-state index contributed by atoms with van der Waals surface area (Å²) < 4.78 is 9.59. The van der Waals surface area contributed by atoms with Crippen LogP contribution in [0, 0.1) is 16.7 Å². The highest BCUT2D eigenvalue weighted by Crippen LogP contribution is 2.47. The molecule has 4 N–H and O–H groups in total. The van der Waals surface area contributed by atoms with E-state index in [4.69, 9.17) is 14.5 Å². The maximum Gasteiger partial charge on any atom is 0.407 e. The van der Waals surface area contributed by atoms with Crippen LogP contribution < -0.4 is 16.0 Å². The number of benzene rings is 2. The van der Waals surface area contributed by atoms with Crippen molar-refractivity contribution in [3.05, 3.63) is 101 Å². The number of rotatable bonds is 13. The Morgan fingerprint density at radius 3 is 2.38 bits per heavy atom. The van der Waals surface area contributed by atoms with E-state index in [2.05, 4.69) is 74.5 Å². The van der Waals surface area contributed by atoms with E-state index in [-0.39, 0.29) is 30.0 Å². The van der Waals surface area contributed by atoms with Crippen molar-refractivity contribution in [1.29, 1.82) is 0 Å². The Labute approximate surface area is 339 Å². The lowest BCUT2D eigenvalue weighted by Crippen LogP contribution is -2.51. The third kappa shape index (κ3) is 7.84. The SMILES string of the molecule is C=C(N/C(=C\N=O)c1ccc2c(c1)CCc1cc(-c3cnc([C@@H]4CCCN4C(=O)[C@@H](NC(=O)OC)C(C)C)[nH]3)ccc1-2)[C@@H]1[C@H]2CC[C@H](C2)N1C(=C)[C@H](C)NC(=O)OC. The third-order valence-corrected chi connectivity index (χ3v) is 12.4. The standard InChI is InChI=1S/C44H54N8O6/c1-24(2)39(50-44(55)58-7)42(53)51-18-8-9-38(51)41-45-22-36(49-41)30-13-16-34-28(19-30)10-11-29-20-31(14-17-35(29)34)37(23-46-56)47-26(4)40-32-12-15-33(21-32)52(40)27(5)25(3)48-43(54)57-6/h13-14,16-17,19-20,22-25,32-33,38-40,47H,4-5,8-12,15,18,21H2,1-3,6-7H3,(H,45,49)(H,48,54)(H,50,55)/b37-23-/t25-,32-,33+,38-,39-,40+/m0/s1. The highest BCUT2D eigenvalue weighted by atomic mass is 16.5. The minimum Gasteiger partial charge on any atom is -0.453 e. The average molecular weight is 791 g/mol. The lowest BCUT2D eigenvalue weighted by atomic mass is 9.83. The lowest BCUT2D eigenvalue weighted by molar-refractivity contribution is -0.135. The number of alkyl carbamates (subject to hydrolysis) is 2. The van der Waals surface area contributed by atoms with Crippen LogP contribution in [0.3, 0.4) is 0 Å². The second kappa shape index (κ2) is 16.9. The number of aromatic amines is 1. The van der Waals surface area contributed by atoms with E-state index in [0.29, 0.717) is 24.2 Å². The molecule has 14 heteroatoms. The van der Waals surface area contributed by atoms with Crippen molar-refractivity contribution in [2.45, 2.75) is 95.9 Å². The number of nitrogens with one attached hydrogen (secondary N) is 4. The van der Waals surface area contributed by atoms with Gasteiger partial charge in [-0.15, -0.1) is 4.91 Å². The first-order valence-corrected chi connectivity index (χ1v) is 20.2. The van der Waals surface area contributed by atoms with Gasteiger partial charge in [-0.2, -0.15) is 0 Å². The Morgan fingerprint density at radius 2 is 1.67 bits per heavy atom. The predicted octanol–water partition coefficient (Wildman–Crippen LogP) is 7.17. The van der Waals surface area contributed by atoms with Gasteiger partial charge in [-0.25, -0.2) is 14.6 Å². The van der Waals surface area contributed by atoms with Gasteiger partial charge in [0.15, 0.2) is 0 Å². The van der Waals surface area contributed by atoms with Crippen LogP contribution in [0.4, 0.5) is 9.59 Å². The molecule has 6 atom stereocenters. The van der Waals surface area contributed by atoms with Crippen molar-refractivity contribution in [3.8, 4) is 22.4 Å². The van der Waals surface area contributed by atoms with Gasteiger partial charge in [0.05, 0.1) is 56.1 Å². The van der Waals surface area contributed by atoms with E-state index in [1.54, 1.807) is 0 Å². The summed E-state index contributed by atoms with van der Waals surface area (Å²) in [6.07, 6.45) is 8.41. The first-order valence-electron chi connectivity index (χ1n) is 20.2. The Kier molecular flexibility index (Phi) is 11.7. The molecule has 2 aliphatic heterocycles. The largest absolute Gasteiger partial charge is 0.453 e. The van der Waals surface area contributed by atoms with Gasteiger partial charge >= 0.3 is 12.2 Å². The molecule has 306 valence electrons. The topological polar surface area (TPSA) is 170 Å². The second-order valence-corrected chi connectivity index (χ2v) is 16.2. The molecule has 2 bridgehead atoms. The molecular weight excluding hydrogens is 737 g/mol. The molecular formula is C44H54N8O6. The summed E-state index contributed by atoms with van der Waals surface area (Å²) in [5.41, 5.74) is 9.57. The fourth-order valence-electron chi connectivity index (χ4n) is 9.45. The van der Waals surface area contributed by atoms with E-state index in [9.17, 15) is 19.3 Å². The van der Waals surface area contributed by atoms with Gasteiger partial charge in [0.25, 0.3) is 0 Å². The summed E-state index contributed by atoms with van der Waals surface area (Å²) in [6.45, 7) is 15.1. The van der Waals surface area contributed by atoms with Crippen molar-refractivity contribution >= 4 is 23.8 Å². The van der Waals surface area contributed by atoms with Crippen LogP contribution in [-0.4, -0.2) is 82.8 Å². The van der Waals surface area contributed by atoms with Crippen LogP contribution in [0.15, 0.2) is 78.5 Å². The first kappa shape index (κ1) is 40.3. The molecule has 3 heterocycles. The molecule has 58 heavy (non-hydrogen) atoms. The minimum atomic E-state index is -0.695. The molecule has 0 radical (unpaired) electrons. The fraction of sp³-hybridized carbons (Fsp3) is 0.455. The van der Waals surface area contributed by atoms with Gasteiger partial charge in [-0.05, 0) is 114 Å². The van der Waals surface area contributed by atoms with E-state index in [0.717, 1.165) is 90.1 Å². The zero-order valence-electron chi connectivity index (χ0n) is 34.0. The van der Waals surface area contributed by atoms with E-state index in [1.807, 2.05) is 37.9 Å². The number of likely N-dealkylation sites (tertiary alicyclic amines) is 2. The molecule has 4 aliphatic rings. The van der Waals surface area contributed by atoms with Gasteiger partial charge in [0.2, 0.25) is 5.91 Å². The number of nitroso groups, excluding NO2 is 1. The predicted molar refractivity (Wildman–Crippen MR) is 222 cm³/mol. The van der Waals surface area contributed by atoms with Gasteiger partial charge in [0.1, 0.15) is 11.9 Å². The van der Waals surface area contributed by atoms with Crippen molar-refractivity contribution in [3.63, 3.8) is 0 Å². The van der Waals surface area contributed by atoms with Crippen LogP contribution in [0.25, 0.3) is 28.1 Å². The summed E-state index contributed by atoms with van der Waals surface area (Å²) in [6, 6.07) is 11.7. The molecule has 2 saturated heterocycles. The quantitative estimate of drug-likeness (QED) is 0.131. The number of aryl methyl sites for hydroxylation is 2. The number of hydrogen-bond donors (Lipinski definition) is 4. The lowest BCUT2D eigenvalue weighted by Gasteiger charge is -2.41. The second-order valence-electron chi connectivity index (χ2n) is 16.2. The van der Waals surface area contributed by atoms with Gasteiger partial charge in [-0.1, -0.05) is 51.3 Å². The number of methoxy groups -OCH3 is 2. The Bertz CT molecular complexity index is 2140. The highest BCUT2D eigenvalue weighted by molar-refractivity contribution is 5.86. The van der Waals surface area contributed by atoms with Crippen LogP contribution in [0.2, 0.25) is 0 Å². The number of piperidine rings is 1. The summed E-state index contributed by atoms with van der Waals surface area (Å²) in [4.78, 5) is 61.6. The first-order chi connectivity index (χ1) is 27.9. The molecule has 3 aromatic rings. The zero-order valence-corrected chi connectivity index (χ0v) is 34.0. The average Bonchev–Trinajstić information content (AvgIpc) is 4.06. The number of aromatic nitrogens is 2. The molecule has 1 saturated carbocycles. The van der Waals surface area contributed by atoms with Crippen LogP contribution >= 0.6 is 0 Å². The van der Waals surface area contributed by atoms with Crippen molar-refractivity contribution in [1.82, 2.24) is 35.7 Å². The van der Waals surface area contributed by atoms with E-state index < -0.39 is 18.2 Å². The number of imidazole rings is 1. The van der Waals surface area contributed by atoms with Gasteiger partial charge < -0.3 is 40.2 Å². The van der Waals surface area contributed by atoms with E-state index in [1.165, 1.54) is 31.5 Å². The summed E-state index contributed by atoms with van der Waals surface area (Å²) >= 11 is 0. The van der Waals surface area contributed by atoms with Crippen molar-refractivity contribution in [2.24, 2.45) is 17.0 Å². The van der Waals surface area contributed by atoms with Crippen LogP contribution in [-0.2, 0) is 27.1 Å². The zero-order chi connectivity index (χ0) is 41.2. The molecule has 2 aromatic carbocycles. The van der Waals surface area contributed by atoms with Gasteiger partial charge in [-0.3, -0.25) is 4.79 Å². The smallest absolute Gasteiger partial charge is 0.407 e. The number of H-pyrrole nitrogens is 1. The monoisotopic (exact) mass is 790 g/mol.